The molecule has 0 atom stereocenters. The summed E-state index contributed by atoms with van der Waals surface area (Å²) in [5, 5.41) is 2.82. The minimum absolute atomic E-state index is 0.315. The molecule has 21 heavy (non-hydrogen) atoms. The highest BCUT2D eigenvalue weighted by molar-refractivity contribution is 5.67. The predicted octanol–water partition coefficient (Wildman–Crippen LogP) is 3.51. The third kappa shape index (κ3) is 5.76. The first-order chi connectivity index (χ1) is 9.92. The maximum atomic E-state index is 11.5. The second-order valence-electron chi connectivity index (χ2n) is 6.64. The van der Waals surface area contributed by atoms with Gasteiger partial charge in [-0.3, -0.25) is 0 Å². The van der Waals surface area contributed by atoms with Crippen molar-refractivity contribution in [2.45, 2.75) is 51.9 Å². The van der Waals surface area contributed by atoms with Gasteiger partial charge in [-0.05, 0) is 45.1 Å². The van der Waals surface area contributed by atoms with Gasteiger partial charge in [0.05, 0.1) is 12.7 Å². The third-order valence-electron chi connectivity index (χ3n) is 3.45. The number of amides is 1. The third-order valence-corrected chi connectivity index (χ3v) is 3.45. The van der Waals surface area contributed by atoms with E-state index in [2.05, 4.69) is 17.4 Å². The zero-order chi connectivity index (χ0) is 15.3. The number of carbonyl (C=O) groups excluding carboxylic acids is 1. The summed E-state index contributed by atoms with van der Waals surface area (Å²) in [5.74, 6) is 0.498. The van der Waals surface area contributed by atoms with Crippen LogP contribution in [0.3, 0.4) is 0 Å². The highest BCUT2D eigenvalue weighted by atomic mass is 16.6. The monoisotopic (exact) mass is 291 g/mol. The summed E-state index contributed by atoms with van der Waals surface area (Å²) >= 11 is 0. The molecule has 0 unspecified atom stereocenters. The van der Waals surface area contributed by atoms with Crippen LogP contribution >= 0.6 is 0 Å². The van der Waals surface area contributed by atoms with Gasteiger partial charge >= 0.3 is 6.09 Å². The first-order valence-electron chi connectivity index (χ1n) is 7.55. The van der Waals surface area contributed by atoms with Crippen molar-refractivity contribution in [2.24, 2.45) is 5.92 Å². The summed E-state index contributed by atoms with van der Waals surface area (Å²) in [6.07, 6.45) is 1.98. The summed E-state index contributed by atoms with van der Waals surface area (Å²) < 4.78 is 11.0. The van der Waals surface area contributed by atoms with E-state index < -0.39 is 5.60 Å². The van der Waals surface area contributed by atoms with Gasteiger partial charge in [0.25, 0.3) is 0 Å². The van der Waals surface area contributed by atoms with Crippen LogP contribution in [0.1, 0.15) is 39.2 Å². The van der Waals surface area contributed by atoms with E-state index in [0.29, 0.717) is 25.2 Å². The molecule has 116 valence electrons. The molecule has 1 aliphatic rings. The van der Waals surface area contributed by atoms with Crippen LogP contribution in [0.5, 0.6) is 0 Å². The van der Waals surface area contributed by atoms with E-state index >= 15 is 0 Å². The maximum absolute atomic E-state index is 11.5. The number of ether oxygens (including phenoxy) is 2. The van der Waals surface area contributed by atoms with Gasteiger partial charge in [-0.1, -0.05) is 30.3 Å². The van der Waals surface area contributed by atoms with Crippen molar-refractivity contribution in [3.63, 3.8) is 0 Å². The van der Waals surface area contributed by atoms with Crippen molar-refractivity contribution >= 4 is 6.09 Å². The molecule has 4 nitrogen and oxygen atoms in total. The molecule has 1 N–H and O–H groups in total. The molecule has 1 aromatic rings. The summed E-state index contributed by atoms with van der Waals surface area (Å²) in [4.78, 5) is 11.5. The largest absolute Gasteiger partial charge is 0.444 e. The fourth-order valence-electron chi connectivity index (χ4n) is 2.31. The van der Waals surface area contributed by atoms with Crippen LogP contribution in [-0.2, 0) is 16.1 Å². The molecule has 0 bridgehead atoms. The second kappa shape index (κ2) is 6.94. The first-order valence-corrected chi connectivity index (χ1v) is 7.55. The molecular formula is C17H25NO3. The Labute approximate surface area is 126 Å². The SMILES string of the molecule is CC(C)(C)OC(=O)NCC1CC(OCc2ccccc2)C1. The average molecular weight is 291 g/mol. The highest BCUT2D eigenvalue weighted by Crippen LogP contribution is 2.30. The van der Waals surface area contributed by atoms with Crippen LogP contribution < -0.4 is 5.32 Å². The van der Waals surface area contributed by atoms with Crippen molar-refractivity contribution in [3.05, 3.63) is 35.9 Å². The molecule has 0 radical (unpaired) electrons. The van der Waals surface area contributed by atoms with E-state index in [1.807, 2.05) is 39.0 Å². The van der Waals surface area contributed by atoms with E-state index in [1.54, 1.807) is 0 Å². The topological polar surface area (TPSA) is 47.6 Å². The quantitative estimate of drug-likeness (QED) is 0.903. The van der Waals surface area contributed by atoms with Crippen molar-refractivity contribution in [1.29, 1.82) is 0 Å². The molecule has 1 saturated carbocycles. The van der Waals surface area contributed by atoms with Crippen LogP contribution in [-0.4, -0.2) is 24.3 Å². The Balaban J connectivity index is 1.56. The van der Waals surface area contributed by atoms with Gasteiger partial charge < -0.3 is 14.8 Å². The van der Waals surface area contributed by atoms with E-state index in [0.717, 1.165) is 12.8 Å². The molecule has 1 fully saturated rings. The first kappa shape index (κ1) is 15.8. The van der Waals surface area contributed by atoms with Crippen molar-refractivity contribution in [3.8, 4) is 0 Å². The smallest absolute Gasteiger partial charge is 0.407 e. The molecule has 2 rings (SSSR count). The molecule has 0 aromatic heterocycles. The summed E-state index contributed by atoms with van der Waals surface area (Å²) in [5.41, 5.74) is 0.762. The van der Waals surface area contributed by atoms with Gasteiger partial charge in [0.15, 0.2) is 0 Å². The number of benzene rings is 1. The van der Waals surface area contributed by atoms with E-state index in [1.165, 1.54) is 5.56 Å². The Morgan fingerprint density at radius 1 is 1.24 bits per heavy atom. The normalized spacial score (nSPS) is 21.5. The molecular weight excluding hydrogens is 266 g/mol. The summed E-state index contributed by atoms with van der Waals surface area (Å²) in [6.45, 7) is 6.92. The molecule has 1 aromatic carbocycles. The van der Waals surface area contributed by atoms with Crippen molar-refractivity contribution in [2.75, 3.05) is 6.54 Å². The van der Waals surface area contributed by atoms with Gasteiger partial charge in [0.1, 0.15) is 5.60 Å². The van der Waals surface area contributed by atoms with Gasteiger partial charge in [-0.25, -0.2) is 4.79 Å². The van der Waals surface area contributed by atoms with Crippen LogP contribution in [0.25, 0.3) is 0 Å². The molecule has 1 aliphatic carbocycles. The summed E-state index contributed by atoms with van der Waals surface area (Å²) in [6, 6.07) is 10.2. The average Bonchev–Trinajstić information content (AvgIpc) is 2.35. The van der Waals surface area contributed by atoms with E-state index in [9.17, 15) is 4.79 Å². The number of hydrogen-bond donors (Lipinski definition) is 1. The van der Waals surface area contributed by atoms with Gasteiger partial charge in [0.2, 0.25) is 0 Å². The predicted molar refractivity (Wildman–Crippen MR) is 82.0 cm³/mol. The Morgan fingerprint density at radius 3 is 2.52 bits per heavy atom. The lowest BCUT2D eigenvalue weighted by Crippen LogP contribution is -2.41. The molecule has 0 aliphatic heterocycles. The Hall–Kier alpha value is -1.55. The zero-order valence-electron chi connectivity index (χ0n) is 13.1. The Kier molecular flexibility index (Phi) is 5.23. The number of rotatable bonds is 5. The standard InChI is InChI=1S/C17H25NO3/c1-17(2,3)21-16(19)18-11-14-9-15(10-14)20-12-13-7-5-4-6-8-13/h4-8,14-15H,9-12H2,1-3H3,(H,18,19). The molecule has 4 heteroatoms. The molecule has 0 saturated heterocycles. The number of alkyl carbamates (subject to hydrolysis) is 1. The van der Waals surface area contributed by atoms with Crippen molar-refractivity contribution in [1.82, 2.24) is 5.32 Å². The van der Waals surface area contributed by atoms with Gasteiger partial charge in [-0.15, -0.1) is 0 Å². The molecule has 0 spiro atoms. The minimum Gasteiger partial charge on any atom is -0.444 e. The lowest BCUT2D eigenvalue weighted by Gasteiger charge is -2.35. The molecule has 1 amide bonds. The number of nitrogens with one attached hydrogen (secondary N) is 1. The lowest BCUT2D eigenvalue weighted by atomic mass is 9.82. The van der Waals surface area contributed by atoms with Crippen LogP contribution in [0.15, 0.2) is 30.3 Å². The maximum Gasteiger partial charge on any atom is 0.407 e. The Bertz CT molecular complexity index is 447. The number of hydrogen-bond acceptors (Lipinski definition) is 3. The summed E-state index contributed by atoms with van der Waals surface area (Å²) in [7, 11) is 0. The second-order valence-corrected chi connectivity index (χ2v) is 6.64. The van der Waals surface area contributed by atoms with E-state index in [4.69, 9.17) is 9.47 Å². The zero-order valence-corrected chi connectivity index (χ0v) is 13.1. The fraction of sp³-hybridized carbons (Fsp3) is 0.588. The van der Waals surface area contributed by atoms with Crippen LogP contribution in [0, 0.1) is 5.92 Å². The minimum atomic E-state index is -0.439. The highest BCUT2D eigenvalue weighted by Gasteiger charge is 2.30. The molecule has 0 heterocycles. The van der Waals surface area contributed by atoms with Crippen LogP contribution in [0.2, 0.25) is 0 Å². The van der Waals surface area contributed by atoms with Gasteiger partial charge in [0, 0.05) is 6.54 Å². The van der Waals surface area contributed by atoms with Crippen LogP contribution in [0.4, 0.5) is 4.79 Å². The lowest BCUT2D eigenvalue weighted by molar-refractivity contribution is -0.0401. The van der Waals surface area contributed by atoms with Crippen molar-refractivity contribution < 1.29 is 14.3 Å². The number of carbonyl (C=O) groups is 1. The van der Waals surface area contributed by atoms with Gasteiger partial charge in [-0.2, -0.15) is 0 Å². The fourth-order valence-corrected chi connectivity index (χ4v) is 2.31. The van der Waals surface area contributed by atoms with E-state index in [-0.39, 0.29) is 6.09 Å². The Morgan fingerprint density at radius 2 is 1.90 bits per heavy atom.